The quantitative estimate of drug-likeness (QED) is 0.757. The van der Waals surface area contributed by atoms with E-state index in [2.05, 4.69) is 25.5 Å². The van der Waals surface area contributed by atoms with Crippen molar-refractivity contribution in [1.29, 1.82) is 0 Å². The van der Waals surface area contributed by atoms with E-state index in [-0.39, 0.29) is 6.10 Å². The molecule has 1 aromatic carbocycles. The molecule has 1 saturated heterocycles. The van der Waals surface area contributed by atoms with E-state index >= 15 is 0 Å². The highest BCUT2D eigenvalue weighted by Gasteiger charge is 2.32. The molecule has 2 N–H and O–H groups in total. The standard InChI is InChI=1S/C21H29N5O2/c1-14-12-20(22-2)25-21(23-14)24-15-4-7-18(27-3)19(13-15)28-17-8-10-26(11-9-17)16-5-6-16/h4,7,12-13,16-17H,5-6,8-11H2,1-3H3,(H2,22,23,24,25). The first-order valence-corrected chi connectivity index (χ1v) is 10.0. The summed E-state index contributed by atoms with van der Waals surface area (Å²) in [7, 11) is 3.52. The second-order valence-corrected chi connectivity index (χ2v) is 7.54. The topological polar surface area (TPSA) is 71.5 Å². The molecule has 0 radical (unpaired) electrons. The van der Waals surface area contributed by atoms with Gasteiger partial charge in [0.2, 0.25) is 5.95 Å². The van der Waals surface area contributed by atoms with Crippen molar-refractivity contribution in [2.75, 3.05) is 37.9 Å². The Morgan fingerprint density at radius 1 is 1.04 bits per heavy atom. The molecule has 0 spiro atoms. The Hall–Kier alpha value is -2.54. The second-order valence-electron chi connectivity index (χ2n) is 7.54. The van der Waals surface area contributed by atoms with Crippen LogP contribution in [-0.2, 0) is 0 Å². The Balaban J connectivity index is 1.46. The molecule has 1 aliphatic heterocycles. The van der Waals surface area contributed by atoms with Gasteiger partial charge < -0.3 is 25.0 Å². The minimum Gasteiger partial charge on any atom is -0.493 e. The zero-order valence-corrected chi connectivity index (χ0v) is 16.9. The van der Waals surface area contributed by atoms with Crippen LogP contribution in [0.15, 0.2) is 24.3 Å². The molecule has 0 unspecified atom stereocenters. The molecule has 150 valence electrons. The van der Waals surface area contributed by atoms with Gasteiger partial charge in [0.15, 0.2) is 11.5 Å². The Bertz CT molecular complexity index is 816. The number of piperidine rings is 1. The molecule has 1 aromatic heterocycles. The number of ether oxygens (including phenoxy) is 2. The smallest absolute Gasteiger partial charge is 0.229 e. The van der Waals surface area contributed by atoms with Gasteiger partial charge in [-0.05, 0) is 44.7 Å². The van der Waals surface area contributed by atoms with Crippen LogP contribution in [-0.4, -0.2) is 54.3 Å². The van der Waals surface area contributed by atoms with Crippen LogP contribution < -0.4 is 20.1 Å². The average Bonchev–Trinajstić information content (AvgIpc) is 3.54. The maximum absolute atomic E-state index is 6.33. The molecule has 0 bridgehead atoms. The van der Waals surface area contributed by atoms with Gasteiger partial charge in [0.25, 0.3) is 0 Å². The van der Waals surface area contributed by atoms with Crippen LogP contribution in [0.5, 0.6) is 11.5 Å². The molecule has 2 aromatic rings. The fourth-order valence-corrected chi connectivity index (χ4v) is 3.71. The van der Waals surface area contributed by atoms with Gasteiger partial charge in [-0.1, -0.05) is 0 Å². The predicted molar refractivity (Wildman–Crippen MR) is 111 cm³/mol. The van der Waals surface area contributed by atoms with Crippen molar-refractivity contribution in [1.82, 2.24) is 14.9 Å². The molecule has 2 aliphatic rings. The lowest BCUT2D eigenvalue weighted by molar-refractivity contribution is 0.0941. The van der Waals surface area contributed by atoms with E-state index in [1.54, 1.807) is 7.11 Å². The van der Waals surface area contributed by atoms with Crippen molar-refractivity contribution in [3.05, 3.63) is 30.0 Å². The van der Waals surface area contributed by atoms with E-state index in [0.29, 0.717) is 5.95 Å². The highest BCUT2D eigenvalue weighted by molar-refractivity contribution is 5.60. The SMILES string of the molecule is CNc1cc(C)nc(Nc2ccc(OC)c(OC3CCN(C4CC4)CC3)c2)n1. The molecule has 2 fully saturated rings. The first kappa shape index (κ1) is 18.8. The van der Waals surface area contributed by atoms with E-state index in [1.165, 1.54) is 12.8 Å². The highest BCUT2D eigenvalue weighted by Crippen LogP contribution is 2.35. The van der Waals surface area contributed by atoms with Gasteiger partial charge in [-0.15, -0.1) is 0 Å². The summed E-state index contributed by atoms with van der Waals surface area (Å²) in [6, 6.07) is 8.58. The summed E-state index contributed by atoms with van der Waals surface area (Å²) in [6.07, 6.45) is 5.07. The number of hydrogen-bond donors (Lipinski definition) is 2. The third kappa shape index (κ3) is 4.47. The Labute approximate surface area is 166 Å². The molecule has 0 amide bonds. The summed E-state index contributed by atoms with van der Waals surface area (Å²) in [5.74, 6) is 2.84. The summed E-state index contributed by atoms with van der Waals surface area (Å²) in [5.41, 5.74) is 1.77. The first-order chi connectivity index (χ1) is 13.6. The lowest BCUT2D eigenvalue weighted by atomic mass is 10.1. The van der Waals surface area contributed by atoms with Gasteiger partial charge in [0.1, 0.15) is 11.9 Å². The highest BCUT2D eigenvalue weighted by atomic mass is 16.5. The van der Waals surface area contributed by atoms with E-state index < -0.39 is 0 Å². The number of aryl methyl sites for hydroxylation is 1. The Morgan fingerprint density at radius 2 is 1.82 bits per heavy atom. The number of benzene rings is 1. The Kier molecular flexibility index (Phi) is 5.52. The molecule has 1 saturated carbocycles. The maximum Gasteiger partial charge on any atom is 0.229 e. The van der Waals surface area contributed by atoms with Crippen LogP contribution in [0.3, 0.4) is 0 Å². The van der Waals surface area contributed by atoms with E-state index in [1.807, 2.05) is 38.2 Å². The largest absolute Gasteiger partial charge is 0.493 e. The van der Waals surface area contributed by atoms with Gasteiger partial charge in [-0.3, -0.25) is 0 Å². The van der Waals surface area contributed by atoms with E-state index in [9.17, 15) is 0 Å². The lowest BCUT2D eigenvalue weighted by Gasteiger charge is -2.32. The van der Waals surface area contributed by atoms with Crippen LogP contribution in [0.4, 0.5) is 17.5 Å². The number of rotatable bonds is 7. The molecule has 0 atom stereocenters. The normalized spacial score (nSPS) is 18.0. The summed E-state index contributed by atoms with van der Waals surface area (Å²) in [5, 5.41) is 6.33. The number of methoxy groups -OCH3 is 1. The average molecular weight is 383 g/mol. The van der Waals surface area contributed by atoms with Crippen molar-refractivity contribution < 1.29 is 9.47 Å². The van der Waals surface area contributed by atoms with Crippen LogP contribution in [0, 0.1) is 6.92 Å². The maximum atomic E-state index is 6.33. The van der Waals surface area contributed by atoms with E-state index in [0.717, 1.165) is 60.7 Å². The minimum atomic E-state index is 0.227. The number of hydrogen-bond acceptors (Lipinski definition) is 7. The van der Waals surface area contributed by atoms with Crippen molar-refractivity contribution in [3.63, 3.8) is 0 Å². The fraction of sp³-hybridized carbons (Fsp3) is 0.524. The molecule has 7 heteroatoms. The van der Waals surface area contributed by atoms with Crippen LogP contribution in [0.1, 0.15) is 31.4 Å². The van der Waals surface area contributed by atoms with Gasteiger partial charge in [0, 0.05) is 49.7 Å². The molecule has 4 rings (SSSR count). The van der Waals surface area contributed by atoms with Gasteiger partial charge in [-0.25, -0.2) is 4.98 Å². The molecular formula is C21H29N5O2. The lowest BCUT2D eigenvalue weighted by Crippen LogP contribution is -2.39. The third-order valence-electron chi connectivity index (χ3n) is 5.36. The van der Waals surface area contributed by atoms with Crippen molar-refractivity contribution in [2.45, 2.75) is 44.8 Å². The van der Waals surface area contributed by atoms with Crippen molar-refractivity contribution in [2.24, 2.45) is 0 Å². The zero-order valence-electron chi connectivity index (χ0n) is 16.9. The molecule has 2 heterocycles. The minimum absolute atomic E-state index is 0.227. The summed E-state index contributed by atoms with van der Waals surface area (Å²) < 4.78 is 11.8. The second kappa shape index (κ2) is 8.22. The van der Waals surface area contributed by atoms with Crippen molar-refractivity contribution in [3.8, 4) is 11.5 Å². The summed E-state index contributed by atoms with van der Waals surface area (Å²) in [4.78, 5) is 11.5. The van der Waals surface area contributed by atoms with Crippen LogP contribution in [0.25, 0.3) is 0 Å². The first-order valence-electron chi connectivity index (χ1n) is 10.0. The predicted octanol–water partition coefficient (Wildman–Crippen LogP) is 3.58. The number of nitrogens with one attached hydrogen (secondary N) is 2. The molecule has 28 heavy (non-hydrogen) atoms. The molecule has 1 aliphatic carbocycles. The molecule has 7 nitrogen and oxygen atoms in total. The number of likely N-dealkylation sites (tertiary alicyclic amines) is 1. The van der Waals surface area contributed by atoms with Gasteiger partial charge >= 0.3 is 0 Å². The fourth-order valence-electron chi connectivity index (χ4n) is 3.71. The van der Waals surface area contributed by atoms with E-state index in [4.69, 9.17) is 9.47 Å². The zero-order chi connectivity index (χ0) is 19.5. The number of anilines is 3. The van der Waals surface area contributed by atoms with Gasteiger partial charge in [-0.2, -0.15) is 4.98 Å². The third-order valence-corrected chi connectivity index (χ3v) is 5.36. The van der Waals surface area contributed by atoms with Crippen LogP contribution >= 0.6 is 0 Å². The van der Waals surface area contributed by atoms with Gasteiger partial charge in [0.05, 0.1) is 7.11 Å². The monoisotopic (exact) mass is 383 g/mol. The number of nitrogens with zero attached hydrogens (tertiary/aromatic N) is 3. The summed E-state index contributed by atoms with van der Waals surface area (Å²) in [6.45, 7) is 4.20. The Morgan fingerprint density at radius 3 is 2.50 bits per heavy atom. The van der Waals surface area contributed by atoms with Crippen LogP contribution in [0.2, 0.25) is 0 Å². The number of aromatic nitrogens is 2. The molecular weight excluding hydrogens is 354 g/mol. The summed E-state index contributed by atoms with van der Waals surface area (Å²) >= 11 is 0. The van der Waals surface area contributed by atoms with Crippen molar-refractivity contribution >= 4 is 17.5 Å².